The third-order valence-electron chi connectivity index (χ3n) is 4.12. The maximum atomic E-state index is 14.3. The number of hydrogen-bond donors (Lipinski definition) is 0. The lowest BCUT2D eigenvalue weighted by Gasteiger charge is -2.32. The Kier molecular flexibility index (Phi) is 5.81. The molecule has 0 heterocycles. The van der Waals surface area contributed by atoms with Crippen LogP contribution in [0.25, 0.3) is 0 Å². The third kappa shape index (κ3) is 3.77. The van der Waals surface area contributed by atoms with Gasteiger partial charge < -0.3 is 4.74 Å². The first-order valence-corrected chi connectivity index (χ1v) is 6.91. The predicted octanol–water partition coefficient (Wildman–Crippen LogP) is 3.74. The lowest BCUT2D eigenvalue weighted by molar-refractivity contribution is -0.385. The Morgan fingerprint density at radius 3 is 2.43 bits per heavy atom. The van der Waals surface area contributed by atoms with Crippen molar-refractivity contribution in [1.82, 2.24) is 0 Å². The molecule has 0 aliphatic carbocycles. The molecule has 0 amide bonds. The summed E-state index contributed by atoms with van der Waals surface area (Å²) in [6.07, 6.45) is 1.90. The second-order valence-electron chi connectivity index (χ2n) is 4.98. The van der Waals surface area contributed by atoms with Crippen molar-refractivity contribution in [3.63, 3.8) is 0 Å². The number of benzene rings is 1. The number of hydrogen-bond acceptors (Lipinski definition) is 4. The Bertz CT molecular complexity index is 526. The first kappa shape index (κ1) is 17.1. The van der Waals surface area contributed by atoms with E-state index in [-0.39, 0.29) is 18.1 Å². The zero-order valence-corrected chi connectivity index (χ0v) is 12.5. The molecule has 5 nitrogen and oxygen atoms in total. The Morgan fingerprint density at radius 2 is 2.00 bits per heavy atom. The molecule has 0 saturated carbocycles. The standard InChI is InChI=1S/C15H20FNO4/c1-4-15(5-2,9-8-14(18)21-3)12-7-6-11(17(19)20)10-13(12)16/h6-7,10H,4-5,8-9H2,1-3H3. The normalized spacial score (nSPS) is 11.2. The topological polar surface area (TPSA) is 69.4 Å². The van der Waals surface area contributed by atoms with E-state index in [9.17, 15) is 19.3 Å². The van der Waals surface area contributed by atoms with Crippen molar-refractivity contribution in [2.24, 2.45) is 0 Å². The fraction of sp³-hybridized carbons (Fsp3) is 0.533. The van der Waals surface area contributed by atoms with Gasteiger partial charge in [0.05, 0.1) is 18.1 Å². The molecule has 0 fully saturated rings. The maximum Gasteiger partial charge on any atom is 0.305 e. The number of rotatable bonds is 7. The highest BCUT2D eigenvalue weighted by atomic mass is 19.1. The van der Waals surface area contributed by atoms with Crippen molar-refractivity contribution in [2.75, 3.05) is 7.11 Å². The van der Waals surface area contributed by atoms with E-state index < -0.39 is 16.2 Å². The number of carbonyl (C=O) groups is 1. The minimum Gasteiger partial charge on any atom is -0.469 e. The number of nitro benzene ring substituents is 1. The number of halogens is 1. The van der Waals surface area contributed by atoms with Crippen LogP contribution >= 0.6 is 0 Å². The molecule has 6 heteroatoms. The van der Waals surface area contributed by atoms with E-state index in [0.717, 1.165) is 6.07 Å². The summed E-state index contributed by atoms with van der Waals surface area (Å²) in [7, 11) is 1.31. The average molecular weight is 297 g/mol. The van der Waals surface area contributed by atoms with Crippen LogP contribution in [0.5, 0.6) is 0 Å². The molecule has 0 atom stereocenters. The highest BCUT2D eigenvalue weighted by molar-refractivity contribution is 5.69. The van der Waals surface area contributed by atoms with Gasteiger partial charge in [0, 0.05) is 12.5 Å². The number of non-ortho nitro benzene ring substituents is 1. The molecule has 21 heavy (non-hydrogen) atoms. The number of esters is 1. The minimum atomic E-state index is -0.624. The fourth-order valence-corrected chi connectivity index (χ4v) is 2.61. The van der Waals surface area contributed by atoms with Crippen LogP contribution in [0.15, 0.2) is 18.2 Å². The van der Waals surface area contributed by atoms with Crippen LogP contribution in [0.3, 0.4) is 0 Å². The van der Waals surface area contributed by atoms with Gasteiger partial charge in [0.25, 0.3) is 5.69 Å². The van der Waals surface area contributed by atoms with Gasteiger partial charge in [-0.25, -0.2) is 4.39 Å². The first-order chi connectivity index (χ1) is 9.90. The van der Waals surface area contributed by atoms with E-state index in [1.807, 2.05) is 13.8 Å². The van der Waals surface area contributed by atoms with Gasteiger partial charge in [-0.3, -0.25) is 14.9 Å². The SMILES string of the molecule is CCC(CC)(CCC(=O)OC)c1ccc([N+](=O)[O-])cc1F. The highest BCUT2D eigenvalue weighted by Gasteiger charge is 2.32. The Morgan fingerprint density at radius 1 is 1.38 bits per heavy atom. The molecular formula is C15H20FNO4. The molecule has 116 valence electrons. The van der Waals surface area contributed by atoms with Gasteiger partial charge >= 0.3 is 5.97 Å². The smallest absolute Gasteiger partial charge is 0.305 e. The summed E-state index contributed by atoms with van der Waals surface area (Å²) in [6, 6.07) is 3.70. The first-order valence-electron chi connectivity index (χ1n) is 6.91. The van der Waals surface area contributed by atoms with Crippen LogP contribution in [0.4, 0.5) is 10.1 Å². The van der Waals surface area contributed by atoms with E-state index in [1.54, 1.807) is 0 Å². The van der Waals surface area contributed by atoms with Gasteiger partial charge in [-0.1, -0.05) is 13.8 Å². The van der Waals surface area contributed by atoms with Crippen LogP contribution in [0.1, 0.15) is 45.1 Å². The summed E-state index contributed by atoms with van der Waals surface area (Å²) in [6.45, 7) is 3.84. The number of nitro groups is 1. The molecule has 0 aliphatic rings. The van der Waals surface area contributed by atoms with E-state index in [0.29, 0.717) is 24.8 Å². The van der Waals surface area contributed by atoms with Crippen molar-refractivity contribution in [3.05, 3.63) is 39.7 Å². The molecule has 0 unspecified atom stereocenters. The van der Waals surface area contributed by atoms with E-state index in [2.05, 4.69) is 4.74 Å². The van der Waals surface area contributed by atoms with Crippen LogP contribution in [-0.2, 0) is 14.9 Å². The Labute approximate surface area is 123 Å². The molecular weight excluding hydrogens is 277 g/mol. The van der Waals surface area contributed by atoms with Crippen LogP contribution in [0.2, 0.25) is 0 Å². The summed E-state index contributed by atoms with van der Waals surface area (Å²) in [5.41, 5.74) is -0.375. The van der Waals surface area contributed by atoms with Gasteiger partial charge in [0.15, 0.2) is 0 Å². The largest absolute Gasteiger partial charge is 0.469 e. The number of nitrogens with zero attached hydrogens (tertiary/aromatic N) is 1. The zero-order chi connectivity index (χ0) is 16.0. The van der Waals surface area contributed by atoms with Gasteiger partial charge in [-0.2, -0.15) is 0 Å². The van der Waals surface area contributed by atoms with Gasteiger partial charge in [-0.05, 0) is 36.3 Å². The van der Waals surface area contributed by atoms with Crippen LogP contribution in [-0.4, -0.2) is 18.0 Å². The molecule has 0 aliphatic heterocycles. The Balaban J connectivity index is 3.15. The number of methoxy groups -OCH3 is 1. The van der Waals surface area contributed by atoms with Crippen molar-refractivity contribution in [3.8, 4) is 0 Å². The second kappa shape index (κ2) is 7.15. The minimum absolute atomic E-state index is 0.189. The molecule has 0 bridgehead atoms. The summed E-state index contributed by atoms with van der Waals surface area (Å²) in [5, 5.41) is 10.7. The van der Waals surface area contributed by atoms with Crippen molar-refractivity contribution in [1.29, 1.82) is 0 Å². The zero-order valence-electron chi connectivity index (χ0n) is 12.5. The lowest BCUT2D eigenvalue weighted by Crippen LogP contribution is -2.27. The predicted molar refractivity (Wildman–Crippen MR) is 76.6 cm³/mol. The van der Waals surface area contributed by atoms with E-state index in [1.165, 1.54) is 19.2 Å². The summed E-state index contributed by atoms with van der Waals surface area (Å²) in [5.74, 6) is -0.943. The number of ether oxygens (including phenoxy) is 1. The summed E-state index contributed by atoms with van der Waals surface area (Å²) >= 11 is 0. The second-order valence-corrected chi connectivity index (χ2v) is 4.98. The van der Waals surface area contributed by atoms with Crippen molar-refractivity contribution in [2.45, 2.75) is 44.9 Å². The van der Waals surface area contributed by atoms with Gasteiger partial charge in [-0.15, -0.1) is 0 Å². The lowest BCUT2D eigenvalue weighted by atomic mass is 9.72. The molecule has 0 aromatic heterocycles. The quantitative estimate of drug-likeness (QED) is 0.436. The summed E-state index contributed by atoms with van der Waals surface area (Å²) in [4.78, 5) is 21.4. The molecule has 1 aromatic rings. The van der Waals surface area contributed by atoms with Crippen LogP contribution in [0, 0.1) is 15.9 Å². The fourth-order valence-electron chi connectivity index (χ4n) is 2.61. The molecule has 0 spiro atoms. The maximum absolute atomic E-state index is 14.3. The molecule has 0 saturated heterocycles. The molecule has 0 N–H and O–H groups in total. The van der Waals surface area contributed by atoms with Crippen LogP contribution < -0.4 is 0 Å². The Hall–Kier alpha value is -1.98. The van der Waals surface area contributed by atoms with Gasteiger partial charge in [0.2, 0.25) is 0 Å². The highest BCUT2D eigenvalue weighted by Crippen LogP contribution is 2.38. The molecule has 1 aromatic carbocycles. The monoisotopic (exact) mass is 297 g/mol. The average Bonchev–Trinajstić information content (AvgIpc) is 2.49. The third-order valence-corrected chi connectivity index (χ3v) is 4.12. The van der Waals surface area contributed by atoms with Gasteiger partial charge in [0.1, 0.15) is 5.82 Å². The van der Waals surface area contributed by atoms with E-state index in [4.69, 9.17) is 0 Å². The van der Waals surface area contributed by atoms with Crippen molar-refractivity contribution >= 4 is 11.7 Å². The van der Waals surface area contributed by atoms with Crippen molar-refractivity contribution < 1.29 is 18.8 Å². The summed E-state index contributed by atoms with van der Waals surface area (Å²) < 4.78 is 18.9. The number of carbonyl (C=O) groups excluding carboxylic acids is 1. The van der Waals surface area contributed by atoms with E-state index >= 15 is 0 Å². The molecule has 0 radical (unpaired) electrons. The molecule has 1 rings (SSSR count).